The summed E-state index contributed by atoms with van der Waals surface area (Å²) in [6.45, 7) is 0.456. The van der Waals surface area contributed by atoms with E-state index in [1.807, 2.05) is 0 Å². The number of nitrogens with one attached hydrogen (secondary N) is 1. The van der Waals surface area contributed by atoms with Gasteiger partial charge in [-0.25, -0.2) is 13.5 Å². The minimum absolute atomic E-state index is 0.287. The van der Waals surface area contributed by atoms with Gasteiger partial charge in [0, 0.05) is 12.7 Å². The fourth-order valence-electron chi connectivity index (χ4n) is 3.12. The van der Waals surface area contributed by atoms with E-state index in [4.69, 9.17) is 0 Å². The van der Waals surface area contributed by atoms with Gasteiger partial charge in [0.15, 0.2) is 0 Å². The van der Waals surface area contributed by atoms with Crippen LogP contribution in [0, 0.1) is 11.6 Å². The highest BCUT2D eigenvalue weighted by Gasteiger charge is 2.41. The van der Waals surface area contributed by atoms with Crippen LogP contribution in [0.4, 0.5) is 8.78 Å². The molecule has 0 unspecified atom stereocenters. The predicted molar refractivity (Wildman–Crippen MR) is 87.9 cm³/mol. The van der Waals surface area contributed by atoms with Gasteiger partial charge in [0.25, 0.3) is 0 Å². The van der Waals surface area contributed by atoms with E-state index in [-0.39, 0.29) is 11.6 Å². The predicted octanol–water partition coefficient (Wildman–Crippen LogP) is 3.11. The zero-order chi connectivity index (χ0) is 17.3. The third kappa shape index (κ3) is 3.02. The molecule has 0 amide bonds. The van der Waals surface area contributed by atoms with E-state index in [2.05, 4.69) is 20.6 Å². The molecule has 1 fully saturated rings. The van der Waals surface area contributed by atoms with Gasteiger partial charge < -0.3 is 5.32 Å². The van der Waals surface area contributed by atoms with Crippen molar-refractivity contribution >= 4 is 0 Å². The normalized spacial score (nSPS) is 15.8. The monoisotopic (exact) mass is 341 g/mol. The summed E-state index contributed by atoms with van der Waals surface area (Å²) >= 11 is 0. The molecular formula is C18H17F2N5. The van der Waals surface area contributed by atoms with Gasteiger partial charge in [-0.3, -0.25) is 4.98 Å². The number of nitrogens with zero attached hydrogens (tertiary/aromatic N) is 4. The van der Waals surface area contributed by atoms with Crippen molar-refractivity contribution in [2.75, 3.05) is 0 Å². The quantitative estimate of drug-likeness (QED) is 0.775. The highest BCUT2D eigenvalue weighted by Crippen LogP contribution is 2.41. The van der Waals surface area contributed by atoms with Crippen LogP contribution in [0.5, 0.6) is 0 Å². The molecule has 1 aromatic carbocycles. The molecule has 1 N–H and O–H groups in total. The molecule has 0 saturated heterocycles. The summed E-state index contributed by atoms with van der Waals surface area (Å²) in [6, 6.07) is 9.06. The van der Waals surface area contributed by atoms with Gasteiger partial charge in [-0.2, -0.15) is 0 Å². The van der Waals surface area contributed by atoms with Crippen LogP contribution in [0.3, 0.4) is 0 Å². The largest absolute Gasteiger partial charge is 0.300 e. The lowest BCUT2D eigenvalue weighted by Gasteiger charge is -2.42. The summed E-state index contributed by atoms with van der Waals surface area (Å²) in [7, 11) is 0. The molecule has 0 aliphatic heterocycles. The Bertz CT molecular complexity index is 871. The summed E-state index contributed by atoms with van der Waals surface area (Å²) in [5.74, 6) is -0.584. The average molecular weight is 341 g/mol. The standard InChI is InChI=1S/C18H17F2N5/c19-13-4-6-15(7-5-13)25-12-14(23-24-25)11-22-18(8-2-9-18)17-16(20)3-1-10-21-17/h1,3-7,10,12,22H,2,8-9,11H2. The molecule has 2 heterocycles. The molecule has 0 bridgehead atoms. The summed E-state index contributed by atoms with van der Waals surface area (Å²) < 4.78 is 28.7. The fourth-order valence-corrected chi connectivity index (χ4v) is 3.12. The first-order valence-electron chi connectivity index (χ1n) is 8.19. The van der Waals surface area contributed by atoms with Crippen LogP contribution < -0.4 is 5.32 Å². The zero-order valence-electron chi connectivity index (χ0n) is 13.5. The van der Waals surface area contributed by atoms with Crippen molar-refractivity contribution in [3.05, 3.63) is 71.8 Å². The summed E-state index contributed by atoms with van der Waals surface area (Å²) in [4.78, 5) is 4.23. The highest BCUT2D eigenvalue weighted by atomic mass is 19.1. The molecule has 0 radical (unpaired) electrons. The number of hydrogen-bond acceptors (Lipinski definition) is 4. The van der Waals surface area contributed by atoms with Crippen molar-refractivity contribution in [2.24, 2.45) is 0 Å². The summed E-state index contributed by atoms with van der Waals surface area (Å²) in [5, 5.41) is 11.6. The first kappa shape index (κ1) is 15.8. The number of hydrogen-bond donors (Lipinski definition) is 1. The van der Waals surface area contributed by atoms with Crippen molar-refractivity contribution in [1.29, 1.82) is 0 Å². The Hall–Kier alpha value is -2.67. The zero-order valence-corrected chi connectivity index (χ0v) is 13.5. The number of aromatic nitrogens is 4. The fraction of sp³-hybridized carbons (Fsp3) is 0.278. The lowest BCUT2D eigenvalue weighted by molar-refractivity contribution is 0.170. The van der Waals surface area contributed by atoms with E-state index in [1.54, 1.807) is 35.3 Å². The molecular weight excluding hydrogens is 324 g/mol. The highest BCUT2D eigenvalue weighted by molar-refractivity contribution is 5.30. The Kier molecular flexibility index (Phi) is 4.01. The van der Waals surface area contributed by atoms with Crippen molar-refractivity contribution in [1.82, 2.24) is 25.3 Å². The second kappa shape index (κ2) is 6.33. The second-order valence-electron chi connectivity index (χ2n) is 6.25. The number of halogens is 2. The molecule has 3 aromatic rings. The molecule has 25 heavy (non-hydrogen) atoms. The van der Waals surface area contributed by atoms with E-state index in [9.17, 15) is 8.78 Å². The Morgan fingerprint density at radius 3 is 2.60 bits per heavy atom. The van der Waals surface area contributed by atoms with E-state index in [0.717, 1.165) is 30.6 Å². The topological polar surface area (TPSA) is 55.6 Å². The smallest absolute Gasteiger partial charge is 0.146 e. The number of pyridine rings is 1. The van der Waals surface area contributed by atoms with Crippen molar-refractivity contribution in [3.63, 3.8) is 0 Å². The van der Waals surface area contributed by atoms with Crippen LogP contribution in [0.2, 0.25) is 0 Å². The Labute approximate surface area is 143 Å². The van der Waals surface area contributed by atoms with Crippen LogP contribution in [-0.4, -0.2) is 20.0 Å². The first-order chi connectivity index (χ1) is 12.2. The molecule has 1 aliphatic rings. The second-order valence-corrected chi connectivity index (χ2v) is 6.25. The van der Waals surface area contributed by atoms with Gasteiger partial charge in [0.2, 0.25) is 0 Å². The van der Waals surface area contributed by atoms with Crippen LogP contribution >= 0.6 is 0 Å². The van der Waals surface area contributed by atoms with Crippen LogP contribution in [0.1, 0.15) is 30.7 Å². The van der Waals surface area contributed by atoms with E-state index in [1.165, 1.54) is 18.2 Å². The summed E-state index contributed by atoms with van der Waals surface area (Å²) in [5.41, 5.74) is 1.48. The molecule has 1 aliphatic carbocycles. The molecule has 4 rings (SSSR count). The maximum atomic E-state index is 14.1. The Morgan fingerprint density at radius 2 is 1.92 bits per heavy atom. The van der Waals surface area contributed by atoms with Crippen LogP contribution in [0.15, 0.2) is 48.8 Å². The van der Waals surface area contributed by atoms with E-state index < -0.39 is 5.54 Å². The minimum atomic E-state index is -0.439. The van der Waals surface area contributed by atoms with Gasteiger partial charge in [-0.15, -0.1) is 5.10 Å². The molecule has 5 nitrogen and oxygen atoms in total. The van der Waals surface area contributed by atoms with Gasteiger partial charge in [-0.1, -0.05) is 5.21 Å². The van der Waals surface area contributed by atoms with Gasteiger partial charge >= 0.3 is 0 Å². The number of benzene rings is 1. The molecule has 0 spiro atoms. The first-order valence-corrected chi connectivity index (χ1v) is 8.19. The van der Waals surface area contributed by atoms with E-state index in [0.29, 0.717) is 12.2 Å². The molecule has 128 valence electrons. The number of rotatable bonds is 5. The van der Waals surface area contributed by atoms with Gasteiger partial charge in [0.1, 0.15) is 11.6 Å². The lowest BCUT2D eigenvalue weighted by Crippen LogP contribution is -2.49. The van der Waals surface area contributed by atoms with Gasteiger partial charge in [0.05, 0.1) is 28.8 Å². The van der Waals surface area contributed by atoms with Gasteiger partial charge in [-0.05, 0) is 55.7 Å². The molecule has 2 aromatic heterocycles. The van der Waals surface area contributed by atoms with Crippen LogP contribution in [-0.2, 0) is 12.1 Å². The Balaban J connectivity index is 1.50. The third-order valence-electron chi connectivity index (χ3n) is 4.66. The minimum Gasteiger partial charge on any atom is -0.300 e. The molecule has 7 heteroatoms. The molecule has 1 saturated carbocycles. The maximum Gasteiger partial charge on any atom is 0.146 e. The van der Waals surface area contributed by atoms with Crippen molar-refractivity contribution in [2.45, 2.75) is 31.3 Å². The maximum absolute atomic E-state index is 14.1. The SMILES string of the molecule is Fc1ccc(-n2cc(CNC3(c4ncccc4F)CCC3)nn2)cc1. The van der Waals surface area contributed by atoms with Crippen molar-refractivity contribution in [3.8, 4) is 5.69 Å². The van der Waals surface area contributed by atoms with Crippen LogP contribution in [0.25, 0.3) is 5.69 Å². The van der Waals surface area contributed by atoms with Crippen molar-refractivity contribution < 1.29 is 8.78 Å². The lowest BCUT2D eigenvalue weighted by atomic mass is 9.74. The Morgan fingerprint density at radius 1 is 1.12 bits per heavy atom. The average Bonchev–Trinajstić information content (AvgIpc) is 3.05. The summed E-state index contributed by atoms with van der Waals surface area (Å²) in [6.07, 6.45) is 6.11. The van der Waals surface area contributed by atoms with E-state index >= 15 is 0 Å². The third-order valence-corrected chi connectivity index (χ3v) is 4.66. The molecule has 0 atom stereocenters.